The third-order valence-electron chi connectivity index (χ3n) is 3.73. The number of hydrogen-bond donors (Lipinski definition) is 0. The molecule has 1 aliphatic heterocycles. The maximum absolute atomic E-state index is 6.46. The highest BCUT2D eigenvalue weighted by atomic mass is 28.4. The number of epoxide rings is 1. The molecule has 110 valence electrons. The van der Waals surface area contributed by atoms with Gasteiger partial charge in [-0.1, -0.05) is 46.3 Å². The van der Waals surface area contributed by atoms with Gasteiger partial charge in [0, 0.05) is 6.42 Å². The van der Waals surface area contributed by atoms with E-state index in [1.54, 1.807) is 0 Å². The smallest absolute Gasteiger partial charge is 0.193 e. The largest absolute Gasteiger partial charge is 0.403 e. The molecule has 1 saturated heterocycles. The molecule has 0 radical (unpaired) electrons. The SMILES string of the molecule is CC(C)(C)[Si](C)(C)O[C@@H](C#C[Si](C)(C)C)C[C@H]1CO1. The minimum atomic E-state index is -1.75. The van der Waals surface area contributed by atoms with Crippen LogP contribution in [-0.4, -0.2) is 35.2 Å². The van der Waals surface area contributed by atoms with E-state index in [0.717, 1.165) is 13.0 Å². The zero-order chi connectivity index (χ0) is 14.9. The summed E-state index contributed by atoms with van der Waals surface area (Å²) in [7, 11) is -3.08. The molecule has 1 heterocycles. The lowest BCUT2D eigenvalue weighted by atomic mass is 10.2. The zero-order valence-corrected chi connectivity index (χ0v) is 15.9. The van der Waals surface area contributed by atoms with Crippen molar-refractivity contribution in [1.82, 2.24) is 0 Å². The standard InChI is InChI=1S/C15H30O2Si2/c1-15(2,3)19(7,8)17-13(11-14-12-16-14)9-10-18(4,5)6/h13-14H,11-12H2,1-8H3/t13-,14-/m0/s1. The van der Waals surface area contributed by atoms with Crippen molar-refractivity contribution < 1.29 is 9.16 Å². The van der Waals surface area contributed by atoms with Crippen molar-refractivity contribution >= 4 is 16.4 Å². The Balaban J connectivity index is 2.76. The Morgan fingerprint density at radius 2 is 1.74 bits per heavy atom. The summed E-state index contributed by atoms with van der Waals surface area (Å²) in [6, 6.07) is 0. The molecule has 0 amide bonds. The summed E-state index contributed by atoms with van der Waals surface area (Å²) < 4.78 is 11.8. The van der Waals surface area contributed by atoms with E-state index in [0.29, 0.717) is 6.10 Å². The molecule has 0 N–H and O–H groups in total. The van der Waals surface area contributed by atoms with Crippen LogP contribution in [0.4, 0.5) is 0 Å². The predicted octanol–water partition coefficient (Wildman–Crippen LogP) is 4.05. The van der Waals surface area contributed by atoms with Crippen molar-refractivity contribution in [2.45, 2.75) is 77.2 Å². The molecular weight excluding hydrogens is 268 g/mol. The van der Waals surface area contributed by atoms with Crippen LogP contribution in [0.15, 0.2) is 0 Å². The van der Waals surface area contributed by atoms with E-state index >= 15 is 0 Å². The van der Waals surface area contributed by atoms with Crippen LogP contribution in [0.2, 0.25) is 37.8 Å². The summed E-state index contributed by atoms with van der Waals surface area (Å²) in [6.07, 6.45) is 1.37. The molecule has 0 aliphatic carbocycles. The molecular formula is C15H30O2Si2. The van der Waals surface area contributed by atoms with Crippen molar-refractivity contribution in [1.29, 1.82) is 0 Å². The Morgan fingerprint density at radius 3 is 2.11 bits per heavy atom. The van der Waals surface area contributed by atoms with Gasteiger partial charge in [0.05, 0.1) is 12.7 Å². The summed E-state index contributed by atoms with van der Waals surface area (Å²) in [5.74, 6) is 3.40. The summed E-state index contributed by atoms with van der Waals surface area (Å²) in [4.78, 5) is 0. The van der Waals surface area contributed by atoms with Crippen LogP contribution < -0.4 is 0 Å². The highest BCUT2D eigenvalue weighted by molar-refractivity contribution is 6.83. The summed E-state index contributed by atoms with van der Waals surface area (Å²) in [5, 5.41) is 0.233. The molecule has 1 fully saturated rings. The fourth-order valence-electron chi connectivity index (χ4n) is 1.41. The fourth-order valence-corrected chi connectivity index (χ4v) is 3.22. The first-order valence-electron chi connectivity index (χ1n) is 7.23. The van der Waals surface area contributed by atoms with Gasteiger partial charge in [-0.25, -0.2) is 0 Å². The van der Waals surface area contributed by atoms with Crippen LogP contribution in [0.5, 0.6) is 0 Å². The van der Waals surface area contributed by atoms with E-state index in [2.05, 4.69) is 65.0 Å². The predicted molar refractivity (Wildman–Crippen MR) is 87.5 cm³/mol. The Kier molecular flexibility index (Phi) is 5.11. The van der Waals surface area contributed by atoms with Gasteiger partial charge < -0.3 is 9.16 Å². The first kappa shape index (κ1) is 17.0. The van der Waals surface area contributed by atoms with E-state index < -0.39 is 16.4 Å². The highest BCUT2D eigenvalue weighted by Crippen LogP contribution is 2.38. The van der Waals surface area contributed by atoms with E-state index in [1.807, 2.05) is 0 Å². The molecule has 0 spiro atoms. The first-order chi connectivity index (χ1) is 8.41. The average Bonchev–Trinajstić information content (AvgIpc) is 2.94. The van der Waals surface area contributed by atoms with Crippen molar-refractivity contribution in [3.8, 4) is 11.5 Å². The van der Waals surface area contributed by atoms with Crippen molar-refractivity contribution in [2.75, 3.05) is 6.61 Å². The normalized spacial score (nSPS) is 21.6. The quantitative estimate of drug-likeness (QED) is 0.444. The molecule has 0 aromatic carbocycles. The molecule has 0 saturated carbocycles. The van der Waals surface area contributed by atoms with Crippen LogP contribution in [-0.2, 0) is 9.16 Å². The van der Waals surface area contributed by atoms with E-state index in [-0.39, 0.29) is 11.1 Å². The van der Waals surface area contributed by atoms with Gasteiger partial charge in [-0.05, 0) is 18.1 Å². The van der Waals surface area contributed by atoms with Crippen molar-refractivity contribution in [3.05, 3.63) is 0 Å². The first-order valence-corrected chi connectivity index (χ1v) is 13.6. The molecule has 1 aliphatic rings. The second-order valence-corrected chi connectivity index (χ2v) is 17.6. The van der Waals surface area contributed by atoms with Crippen LogP contribution in [0.3, 0.4) is 0 Å². The van der Waals surface area contributed by atoms with Gasteiger partial charge in [0.15, 0.2) is 8.32 Å². The third-order valence-corrected chi connectivity index (χ3v) is 9.11. The van der Waals surface area contributed by atoms with Gasteiger partial charge in [0.2, 0.25) is 0 Å². The molecule has 19 heavy (non-hydrogen) atoms. The van der Waals surface area contributed by atoms with Crippen LogP contribution in [0, 0.1) is 11.5 Å². The molecule has 4 heteroatoms. The van der Waals surface area contributed by atoms with Gasteiger partial charge in [0.25, 0.3) is 0 Å². The van der Waals surface area contributed by atoms with Gasteiger partial charge in [0.1, 0.15) is 14.2 Å². The van der Waals surface area contributed by atoms with Crippen LogP contribution >= 0.6 is 0 Å². The fraction of sp³-hybridized carbons (Fsp3) is 0.867. The third kappa shape index (κ3) is 6.26. The lowest BCUT2D eigenvalue weighted by Crippen LogP contribution is -2.44. The molecule has 0 aromatic rings. The Labute approximate surface area is 121 Å². The van der Waals surface area contributed by atoms with Gasteiger partial charge in [-0.2, -0.15) is 0 Å². The average molecular weight is 299 g/mol. The number of rotatable bonds is 4. The van der Waals surface area contributed by atoms with Crippen LogP contribution in [0.1, 0.15) is 27.2 Å². The Morgan fingerprint density at radius 1 is 1.21 bits per heavy atom. The second-order valence-electron chi connectivity index (χ2n) is 8.08. The highest BCUT2D eigenvalue weighted by Gasteiger charge is 2.40. The molecule has 2 atom stereocenters. The van der Waals surface area contributed by atoms with Gasteiger partial charge in [-0.3, -0.25) is 0 Å². The second kappa shape index (κ2) is 5.73. The van der Waals surface area contributed by atoms with E-state index in [4.69, 9.17) is 9.16 Å². The maximum Gasteiger partial charge on any atom is 0.193 e. The number of ether oxygens (including phenoxy) is 1. The monoisotopic (exact) mass is 298 g/mol. The molecule has 0 unspecified atom stereocenters. The number of hydrogen-bond acceptors (Lipinski definition) is 2. The molecule has 1 rings (SSSR count). The van der Waals surface area contributed by atoms with Crippen molar-refractivity contribution in [2.24, 2.45) is 0 Å². The maximum atomic E-state index is 6.46. The Bertz CT molecular complexity index is 362. The van der Waals surface area contributed by atoms with E-state index in [9.17, 15) is 0 Å². The topological polar surface area (TPSA) is 21.8 Å². The summed E-state index contributed by atoms with van der Waals surface area (Å²) in [5.41, 5.74) is 3.46. The molecule has 2 nitrogen and oxygen atoms in total. The zero-order valence-electron chi connectivity index (χ0n) is 13.9. The van der Waals surface area contributed by atoms with Crippen LogP contribution in [0.25, 0.3) is 0 Å². The lowest BCUT2D eigenvalue weighted by molar-refractivity contribution is 0.207. The summed E-state index contributed by atoms with van der Waals surface area (Å²) in [6.45, 7) is 19.1. The van der Waals surface area contributed by atoms with Crippen molar-refractivity contribution in [3.63, 3.8) is 0 Å². The minimum absolute atomic E-state index is 0.0557. The Hall–Kier alpha value is -0.0862. The van der Waals surface area contributed by atoms with Gasteiger partial charge >= 0.3 is 0 Å². The van der Waals surface area contributed by atoms with E-state index in [1.165, 1.54) is 0 Å². The van der Waals surface area contributed by atoms with Gasteiger partial charge in [-0.15, -0.1) is 5.54 Å². The minimum Gasteiger partial charge on any atom is -0.403 e. The molecule has 0 bridgehead atoms. The summed E-state index contributed by atoms with van der Waals surface area (Å²) >= 11 is 0. The molecule has 0 aromatic heterocycles. The lowest BCUT2D eigenvalue weighted by Gasteiger charge is -2.38.